The number of carbonyl (C=O) groups is 1. The molecule has 180 valence electrons. The Morgan fingerprint density at radius 1 is 1.00 bits per heavy atom. The Labute approximate surface area is 197 Å². The van der Waals surface area contributed by atoms with E-state index in [9.17, 15) is 23.1 Å². The first-order chi connectivity index (χ1) is 16.2. The van der Waals surface area contributed by atoms with Crippen LogP contribution < -0.4 is 0 Å². The van der Waals surface area contributed by atoms with Crippen LogP contribution in [-0.2, 0) is 12.6 Å². The number of aryl methyl sites for hydroxylation is 1. The van der Waals surface area contributed by atoms with Crippen LogP contribution in [0.3, 0.4) is 0 Å². The van der Waals surface area contributed by atoms with E-state index in [1.54, 1.807) is 4.90 Å². The van der Waals surface area contributed by atoms with E-state index in [1.165, 1.54) is 12.1 Å². The number of alkyl halides is 3. The predicted octanol–water partition coefficient (Wildman–Crippen LogP) is 6.21. The van der Waals surface area contributed by atoms with Crippen molar-refractivity contribution in [1.29, 1.82) is 0 Å². The first-order valence-electron chi connectivity index (χ1n) is 12.3. The minimum absolute atomic E-state index is 0.0306. The second-order valence-corrected chi connectivity index (χ2v) is 10.6. The molecule has 1 amide bonds. The van der Waals surface area contributed by atoms with Crippen molar-refractivity contribution in [2.24, 2.45) is 11.3 Å². The molecule has 1 unspecified atom stereocenters. The zero-order chi connectivity index (χ0) is 23.7. The first-order valence-corrected chi connectivity index (χ1v) is 12.3. The molecule has 2 aromatic carbocycles. The number of fused-ring (bicyclic) bond motifs is 4. The third-order valence-corrected chi connectivity index (χ3v) is 8.83. The summed E-state index contributed by atoms with van der Waals surface area (Å²) in [4.78, 5) is 16.9. The van der Waals surface area contributed by atoms with E-state index in [0.717, 1.165) is 92.5 Å². The summed E-state index contributed by atoms with van der Waals surface area (Å²) in [6.45, 7) is 2.96. The third-order valence-electron chi connectivity index (χ3n) is 8.83. The number of piperidine rings is 3. The highest BCUT2D eigenvalue weighted by Gasteiger charge is 2.57. The minimum atomic E-state index is -4.35. The third kappa shape index (κ3) is 3.60. The van der Waals surface area contributed by atoms with Crippen LogP contribution in [-0.4, -0.2) is 46.7 Å². The van der Waals surface area contributed by atoms with Crippen molar-refractivity contribution in [3.63, 3.8) is 0 Å². The molecule has 1 N–H and O–H groups in total. The first kappa shape index (κ1) is 22.0. The highest BCUT2D eigenvalue weighted by Crippen LogP contribution is 2.63. The van der Waals surface area contributed by atoms with Gasteiger partial charge in [0, 0.05) is 6.54 Å². The lowest BCUT2D eigenvalue weighted by atomic mass is 9.73. The van der Waals surface area contributed by atoms with Gasteiger partial charge < -0.3 is 10.0 Å². The Balaban J connectivity index is 1.36. The molecule has 4 fully saturated rings. The quantitative estimate of drug-likeness (QED) is 0.580. The molecule has 2 atom stereocenters. The summed E-state index contributed by atoms with van der Waals surface area (Å²) in [7, 11) is 0. The van der Waals surface area contributed by atoms with E-state index >= 15 is 0 Å². The van der Waals surface area contributed by atoms with Gasteiger partial charge in [0.1, 0.15) is 0 Å². The van der Waals surface area contributed by atoms with Crippen LogP contribution >= 0.6 is 0 Å². The number of halogens is 3. The van der Waals surface area contributed by atoms with Crippen LogP contribution in [0.15, 0.2) is 42.5 Å². The molecule has 2 bridgehead atoms. The lowest BCUT2D eigenvalue weighted by Gasteiger charge is -2.52. The topological polar surface area (TPSA) is 43.8 Å². The van der Waals surface area contributed by atoms with Gasteiger partial charge in [0.2, 0.25) is 0 Å². The number of hydrogen-bond donors (Lipinski definition) is 1. The lowest BCUT2D eigenvalue weighted by Crippen LogP contribution is -2.60. The number of rotatable bonds is 3. The van der Waals surface area contributed by atoms with Crippen LogP contribution in [0, 0.1) is 11.3 Å². The van der Waals surface area contributed by atoms with Gasteiger partial charge in [0.05, 0.1) is 17.6 Å². The molecule has 7 heteroatoms. The fraction of sp³-hybridized carbons (Fsp3) is 0.519. The molecule has 2 aromatic rings. The second kappa shape index (κ2) is 7.74. The molecular weight excluding hydrogens is 441 g/mol. The molecule has 1 saturated carbocycles. The van der Waals surface area contributed by atoms with Gasteiger partial charge >= 0.3 is 12.3 Å². The van der Waals surface area contributed by atoms with Crippen molar-refractivity contribution in [2.45, 2.75) is 56.8 Å². The summed E-state index contributed by atoms with van der Waals surface area (Å²) in [5.41, 5.74) is 3.23. The molecule has 0 aromatic heterocycles. The summed E-state index contributed by atoms with van der Waals surface area (Å²) in [6, 6.07) is 11.2. The molecule has 5 aliphatic rings. The van der Waals surface area contributed by atoms with Gasteiger partial charge in [-0.05, 0) is 97.3 Å². The van der Waals surface area contributed by atoms with Crippen molar-refractivity contribution >= 4 is 6.09 Å². The minimum Gasteiger partial charge on any atom is -0.465 e. The molecule has 0 radical (unpaired) electrons. The molecular formula is C27H29F3N2O2. The fourth-order valence-corrected chi connectivity index (χ4v) is 6.79. The molecule has 34 heavy (non-hydrogen) atoms. The zero-order valence-electron chi connectivity index (χ0n) is 19.0. The summed E-state index contributed by atoms with van der Waals surface area (Å²) in [5, 5.41) is 10.4. The van der Waals surface area contributed by atoms with E-state index in [4.69, 9.17) is 0 Å². The van der Waals surface area contributed by atoms with Crippen LogP contribution in [0.1, 0.15) is 54.8 Å². The maximum atomic E-state index is 13.0. The molecule has 2 aliphatic carbocycles. The molecule has 3 saturated heterocycles. The lowest BCUT2D eigenvalue weighted by molar-refractivity contribution is -0.137. The number of hydrogen-bond acceptors (Lipinski definition) is 2. The van der Waals surface area contributed by atoms with Gasteiger partial charge in [0.25, 0.3) is 0 Å². The van der Waals surface area contributed by atoms with Gasteiger partial charge in [0.15, 0.2) is 0 Å². The van der Waals surface area contributed by atoms with E-state index in [1.807, 2.05) is 12.1 Å². The zero-order valence-corrected chi connectivity index (χ0v) is 19.0. The van der Waals surface area contributed by atoms with Crippen molar-refractivity contribution < 1.29 is 23.1 Å². The fourth-order valence-electron chi connectivity index (χ4n) is 6.79. The smallest absolute Gasteiger partial charge is 0.416 e. The molecule has 3 heterocycles. The van der Waals surface area contributed by atoms with Crippen LogP contribution in [0.25, 0.3) is 11.1 Å². The van der Waals surface area contributed by atoms with Crippen molar-refractivity contribution in [3.8, 4) is 11.1 Å². The Bertz CT molecular complexity index is 1100. The molecule has 4 nitrogen and oxygen atoms in total. The monoisotopic (exact) mass is 470 g/mol. The van der Waals surface area contributed by atoms with Gasteiger partial charge in [-0.15, -0.1) is 0 Å². The normalized spacial score (nSPS) is 29.0. The molecule has 3 aliphatic heterocycles. The van der Waals surface area contributed by atoms with Gasteiger partial charge in [-0.3, -0.25) is 4.90 Å². The average Bonchev–Trinajstić information content (AvgIpc) is 3.61. The Hall–Kier alpha value is -2.54. The highest BCUT2D eigenvalue weighted by molar-refractivity contribution is 5.69. The summed E-state index contributed by atoms with van der Waals surface area (Å²) in [6.07, 6.45) is 0.914. The highest BCUT2D eigenvalue weighted by atomic mass is 19.4. The Morgan fingerprint density at radius 2 is 1.68 bits per heavy atom. The Morgan fingerprint density at radius 3 is 2.24 bits per heavy atom. The number of nitrogens with zero attached hydrogens (tertiary/aromatic N) is 2. The second-order valence-electron chi connectivity index (χ2n) is 10.6. The average molecular weight is 471 g/mol. The van der Waals surface area contributed by atoms with E-state index in [0.29, 0.717) is 5.92 Å². The summed E-state index contributed by atoms with van der Waals surface area (Å²) >= 11 is 0. The van der Waals surface area contributed by atoms with Gasteiger partial charge in [-0.25, -0.2) is 4.79 Å². The summed E-state index contributed by atoms with van der Waals surface area (Å²) < 4.78 is 38.9. The molecule has 1 spiro atoms. The van der Waals surface area contributed by atoms with E-state index in [-0.39, 0.29) is 17.5 Å². The van der Waals surface area contributed by atoms with Gasteiger partial charge in [-0.2, -0.15) is 13.2 Å². The van der Waals surface area contributed by atoms with Crippen molar-refractivity contribution in [2.75, 3.05) is 19.6 Å². The number of benzene rings is 2. The number of carboxylic acid groups (broad SMARTS) is 1. The van der Waals surface area contributed by atoms with Crippen molar-refractivity contribution in [3.05, 3.63) is 59.2 Å². The maximum absolute atomic E-state index is 13.0. The van der Waals surface area contributed by atoms with Crippen LogP contribution in [0.4, 0.5) is 18.0 Å². The standard InChI is InChI=1S/C27H29F3N2O2/c28-27(29,30)21-4-1-17(2-5-21)19-3-6-22-20(15-19)7-10-26(11-12-26)24(22)32(25(33)34)23-16-31-13-8-18(23)9-14-31/h1-6,15,18,23-24H,7-14,16H2,(H,33,34)/t23?,24-/m1/s1. The van der Waals surface area contributed by atoms with E-state index < -0.39 is 17.8 Å². The summed E-state index contributed by atoms with van der Waals surface area (Å²) in [5.74, 6) is 0.425. The van der Waals surface area contributed by atoms with Gasteiger partial charge in [-0.1, -0.05) is 30.3 Å². The largest absolute Gasteiger partial charge is 0.465 e. The van der Waals surface area contributed by atoms with Crippen LogP contribution in [0.2, 0.25) is 0 Å². The van der Waals surface area contributed by atoms with Crippen molar-refractivity contribution in [1.82, 2.24) is 9.80 Å². The predicted molar refractivity (Wildman–Crippen MR) is 122 cm³/mol. The maximum Gasteiger partial charge on any atom is 0.416 e. The van der Waals surface area contributed by atoms with Crippen LogP contribution in [0.5, 0.6) is 0 Å². The molecule has 7 rings (SSSR count). The van der Waals surface area contributed by atoms with E-state index in [2.05, 4.69) is 11.0 Å². The Kier molecular flexibility index (Phi) is 5.00. The SMILES string of the molecule is O=C(O)N(C1CN2CCC1CC2)[C@@H]1c2ccc(-c3ccc(C(F)(F)F)cc3)cc2CCC12CC2. The number of amides is 1.